The Morgan fingerprint density at radius 2 is 1.95 bits per heavy atom. The molecule has 0 radical (unpaired) electrons. The standard InChI is InChI=1S/C15H15FN2OS/c16-12-6-4-11(5-7-12)9-18-15(19)10-20-14-3-1-2-13(17)8-14/h1-8H,9-10,17H2,(H,18,19). The molecule has 0 saturated carbocycles. The zero-order valence-electron chi connectivity index (χ0n) is 10.8. The number of carbonyl (C=O) groups is 1. The van der Waals surface area contributed by atoms with Crippen LogP contribution in [0.25, 0.3) is 0 Å². The molecule has 0 bridgehead atoms. The van der Waals surface area contributed by atoms with Crippen LogP contribution in [0.1, 0.15) is 5.56 Å². The third kappa shape index (κ3) is 4.59. The SMILES string of the molecule is Nc1cccc(SCC(=O)NCc2ccc(F)cc2)c1. The normalized spacial score (nSPS) is 10.2. The van der Waals surface area contributed by atoms with Crippen molar-refractivity contribution < 1.29 is 9.18 Å². The number of hydrogen-bond acceptors (Lipinski definition) is 3. The second kappa shape index (κ2) is 6.96. The third-order valence-corrected chi connectivity index (χ3v) is 3.62. The fourth-order valence-corrected chi connectivity index (χ4v) is 2.40. The Morgan fingerprint density at radius 1 is 1.20 bits per heavy atom. The lowest BCUT2D eigenvalue weighted by atomic mass is 10.2. The van der Waals surface area contributed by atoms with Gasteiger partial charge >= 0.3 is 0 Å². The largest absolute Gasteiger partial charge is 0.399 e. The van der Waals surface area contributed by atoms with Crippen LogP contribution in [0.3, 0.4) is 0 Å². The first-order valence-electron chi connectivity index (χ1n) is 6.13. The predicted molar refractivity (Wildman–Crippen MR) is 79.8 cm³/mol. The zero-order valence-corrected chi connectivity index (χ0v) is 11.6. The van der Waals surface area contributed by atoms with Gasteiger partial charge in [-0.3, -0.25) is 4.79 Å². The van der Waals surface area contributed by atoms with Gasteiger partial charge in [0, 0.05) is 17.1 Å². The third-order valence-electron chi connectivity index (χ3n) is 2.63. The Hall–Kier alpha value is -2.01. The van der Waals surface area contributed by atoms with Crippen LogP contribution in [-0.4, -0.2) is 11.7 Å². The first-order valence-corrected chi connectivity index (χ1v) is 7.11. The van der Waals surface area contributed by atoms with Gasteiger partial charge in [-0.05, 0) is 35.9 Å². The van der Waals surface area contributed by atoms with Crippen LogP contribution in [0.2, 0.25) is 0 Å². The molecular formula is C15H15FN2OS. The van der Waals surface area contributed by atoms with Crippen molar-refractivity contribution in [2.75, 3.05) is 11.5 Å². The number of nitrogen functional groups attached to an aromatic ring is 1. The van der Waals surface area contributed by atoms with Gasteiger partial charge in [-0.15, -0.1) is 11.8 Å². The minimum atomic E-state index is -0.280. The van der Waals surface area contributed by atoms with Gasteiger partial charge in [-0.2, -0.15) is 0 Å². The number of nitrogens with two attached hydrogens (primary N) is 1. The zero-order chi connectivity index (χ0) is 14.4. The van der Waals surface area contributed by atoms with E-state index in [4.69, 9.17) is 5.73 Å². The molecule has 0 saturated heterocycles. The number of rotatable bonds is 5. The topological polar surface area (TPSA) is 55.1 Å². The number of amides is 1. The molecule has 2 rings (SSSR count). The first kappa shape index (κ1) is 14.4. The number of hydrogen-bond donors (Lipinski definition) is 2. The second-order valence-electron chi connectivity index (χ2n) is 4.26. The van der Waals surface area contributed by atoms with Crippen molar-refractivity contribution in [3.8, 4) is 0 Å². The van der Waals surface area contributed by atoms with E-state index in [2.05, 4.69) is 5.32 Å². The smallest absolute Gasteiger partial charge is 0.230 e. The summed E-state index contributed by atoms with van der Waals surface area (Å²) in [6.07, 6.45) is 0. The average molecular weight is 290 g/mol. The summed E-state index contributed by atoms with van der Waals surface area (Å²) in [4.78, 5) is 12.7. The van der Waals surface area contributed by atoms with Crippen LogP contribution < -0.4 is 11.1 Å². The van der Waals surface area contributed by atoms with Crippen LogP contribution in [0.15, 0.2) is 53.4 Å². The van der Waals surface area contributed by atoms with E-state index in [9.17, 15) is 9.18 Å². The van der Waals surface area contributed by atoms with E-state index < -0.39 is 0 Å². The first-order chi connectivity index (χ1) is 9.63. The number of benzene rings is 2. The van der Waals surface area contributed by atoms with Gasteiger partial charge in [0.05, 0.1) is 5.75 Å². The second-order valence-corrected chi connectivity index (χ2v) is 5.31. The summed E-state index contributed by atoms with van der Waals surface area (Å²) >= 11 is 1.43. The van der Waals surface area contributed by atoms with Gasteiger partial charge in [0.25, 0.3) is 0 Å². The highest BCUT2D eigenvalue weighted by atomic mass is 32.2. The van der Waals surface area contributed by atoms with Crippen LogP contribution in [0.4, 0.5) is 10.1 Å². The Balaban J connectivity index is 1.77. The molecule has 5 heteroatoms. The molecule has 104 valence electrons. The Kier molecular flexibility index (Phi) is 5.01. The molecule has 20 heavy (non-hydrogen) atoms. The Morgan fingerprint density at radius 3 is 2.65 bits per heavy atom. The van der Waals surface area contributed by atoms with E-state index in [0.29, 0.717) is 18.0 Å². The number of halogens is 1. The van der Waals surface area contributed by atoms with Crippen molar-refractivity contribution in [3.63, 3.8) is 0 Å². The molecule has 3 nitrogen and oxygen atoms in total. The van der Waals surface area contributed by atoms with E-state index in [0.717, 1.165) is 10.5 Å². The monoisotopic (exact) mass is 290 g/mol. The molecule has 2 aromatic carbocycles. The van der Waals surface area contributed by atoms with E-state index in [1.165, 1.54) is 23.9 Å². The van der Waals surface area contributed by atoms with Gasteiger partial charge in [-0.25, -0.2) is 4.39 Å². The molecule has 0 aromatic heterocycles. The van der Waals surface area contributed by atoms with E-state index in [1.807, 2.05) is 18.2 Å². The molecule has 2 aromatic rings. The van der Waals surface area contributed by atoms with Crippen LogP contribution in [0.5, 0.6) is 0 Å². The molecule has 0 heterocycles. The maximum Gasteiger partial charge on any atom is 0.230 e. The van der Waals surface area contributed by atoms with Gasteiger partial charge in [0.15, 0.2) is 0 Å². The number of carbonyl (C=O) groups excluding carboxylic acids is 1. The highest BCUT2D eigenvalue weighted by Gasteiger charge is 2.03. The van der Waals surface area contributed by atoms with Crippen molar-refractivity contribution in [3.05, 3.63) is 59.9 Å². The molecule has 0 aliphatic carbocycles. The van der Waals surface area contributed by atoms with Crippen molar-refractivity contribution in [1.82, 2.24) is 5.32 Å². The lowest BCUT2D eigenvalue weighted by Crippen LogP contribution is -2.24. The average Bonchev–Trinajstić information content (AvgIpc) is 2.45. The number of nitrogens with one attached hydrogen (secondary N) is 1. The van der Waals surface area contributed by atoms with Gasteiger partial charge < -0.3 is 11.1 Å². The number of anilines is 1. The van der Waals surface area contributed by atoms with Crippen LogP contribution in [0, 0.1) is 5.82 Å². The fraction of sp³-hybridized carbons (Fsp3) is 0.133. The van der Waals surface area contributed by atoms with E-state index >= 15 is 0 Å². The van der Waals surface area contributed by atoms with Gasteiger partial charge in [-0.1, -0.05) is 18.2 Å². The molecule has 0 aliphatic rings. The molecule has 3 N–H and O–H groups in total. The Labute approximate surface area is 121 Å². The quantitative estimate of drug-likeness (QED) is 0.657. The van der Waals surface area contributed by atoms with Crippen molar-refractivity contribution in [2.45, 2.75) is 11.4 Å². The summed E-state index contributed by atoms with van der Waals surface area (Å²) < 4.78 is 12.7. The summed E-state index contributed by atoms with van der Waals surface area (Å²) in [5, 5.41) is 2.79. The van der Waals surface area contributed by atoms with E-state index in [1.54, 1.807) is 18.2 Å². The lowest BCUT2D eigenvalue weighted by Gasteiger charge is -2.06. The van der Waals surface area contributed by atoms with Crippen molar-refractivity contribution >= 4 is 23.4 Å². The molecule has 0 aliphatic heterocycles. The molecular weight excluding hydrogens is 275 g/mol. The minimum Gasteiger partial charge on any atom is -0.399 e. The summed E-state index contributed by atoms with van der Waals surface area (Å²) in [5.74, 6) is -0.0240. The van der Waals surface area contributed by atoms with Crippen molar-refractivity contribution in [1.29, 1.82) is 0 Å². The molecule has 0 atom stereocenters. The van der Waals surface area contributed by atoms with Crippen LogP contribution >= 0.6 is 11.8 Å². The maximum absolute atomic E-state index is 12.7. The van der Waals surface area contributed by atoms with Crippen LogP contribution in [-0.2, 0) is 11.3 Å². The number of thioether (sulfide) groups is 1. The maximum atomic E-state index is 12.7. The highest BCUT2D eigenvalue weighted by molar-refractivity contribution is 8.00. The van der Waals surface area contributed by atoms with Gasteiger partial charge in [0.1, 0.15) is 5.82 Å². The summed E-state index contributed by atoms with van der Waals surface area (Å²) in [6, 6.07) is 13.5. The minimum absolute atomic E-state index is 0.0678. The summed E-state index contributed by atoms with van der Waals surface area (Å²) in [5.41, 5.74) is 7.22. The highest BCUT2D eigenvalue weighted by Crippen LogP contribution is 2.19. The predicted octanol–water partition coefficient (Wildman–Crippen LogP) is 2.82. The summed E-state index contributed by atoms with van der Waals surface area (Å²) in [7, 11) is 0. The fourth-order valence-electron chi connectivity index (χ4n) is 1.61. The molecule has 0 fully saturated rings. The Bertz CT molecular complexity index is 587. The molecule has 0 unspecified atom stereocenters. The summed E-state index contributed by atoms with van der Waals surface area (Å²) in [6.45, 7) is 0.399. The molecule has 1 amide bonds. The van der Waals surface area contributed by atoms with Gasteiger partial charge in [0.2, 0.25) is 5.91 Å². The van der Waals surface area contributed by atoms with Crippen molar-refractivity contribution in [2.24, 2.45) is 0 Å². The molecule has 0 spiro atoms. The van der Waals surface area contributed by atoms with E-state index in [-0.39, 0.29) is 11.7 Å². The lowest BCUT2D eigenvalue weighted by molar-refractivity contribution is -0.118.